The highest BCUT2D eigenvalue weighted by molar-refractivity contribution is 6.74. The minimum atomic E-state index is -2.09. The molecule has 5 heteroatoms. The molecule has 0 aliphatic heterocycles. The van der Waals surface area contributed by atoms with E-state index in [1.807, 2.05) is 40.7 Å². The average molecular weight is 505 g/mol. The van der Waals surface area contributed by atoms with Crippen molar-refractivity contribution in [1.29, 1.82) is 0 Å². The Bertz CT molecular complexity index is 828. The highest BCUT2D eigenvalue weighted by Crippen LogP contribution is 2.41. The fourth-order valence-corrected chi connectivity index (χ4v) is 5.63. The number of rotatable bonds is 11. The molecule has 0 saturated carbocycles. The van der Waals surface area contributed by atoms with Crippen LogP contribution >= 0.6 is 0 Å². The number of allylic oxidation sites excluding steroid dienone is 2. The molecule has 0 amide bonds. The number of carbonyl (C=O) groups is 2. The first-order valence-corrected chi connectivity index (χ1v) is 16.1. The molecule has 1 rings (SSSR count). The first-order chi connectivity index (χ1) is 15.8. The molecule has 0 fully saturated rings. The molecule has 0 spiro atoms. The molecule has 0 radical (unpaired) electrons. The monoisotopic (exact) mass is 504 g/mol. The molecule has 0 aromatic rings. The predicted molar refractivity (Wildman–Crippen MR) is 150 cm³/mol. The summed E-state index contributed by atoms with van der Waals surface area (Å²) in [5, 5.41) is 0.0414. The van der Waals surface area contributed by atoms with Gasteiger partial charge in [0.2, 0.25) is 0 Å². The van der Waals surface area contributed by atoms with Crippen LogP contribution in [0.1, 0.15) is 88.5 Å². The lowest BCUT2D eigenvalue weighted by Crippen LogP contribution is -2.50. The van der Waals surface area contributed by atoms with Crippen LogP contribution in [0.2, 0.25) is 18.1 Å². The van der Waals surface area contributed by atoms with Crippen LogP contribution in [0.5, 0.6) is 0 Å². The Kier molecular flexibility index (Phi) is 11.0. The van der Waals surface area contributed by atoms with Crippen molar-refractivity contribution in [1.82, 2.24) is 0 Å². The molecule has 0 aromatic heterocycles. The van der Waals surface area contributed by atoms with Crippen molar-refractivity contribution in [2.24, 2.45) is 23.2 Å². The fraction of sp³-hybridized carbons (Fsp3) is 0.733. The number of esters is 1. The third-order valence-electron chi connectivity index (χ3n) is 8.58. The van der Waals surface area contributed by atoms with Crippen molar-refractivity contribution in [2.45, 2.75) is 119 Å². The maximum Gasteiger partial charge on any atom is 0.306 e. The molecule has 5 atom stereocenters. The Hall–Kier alpha value is -1.46. The summed E-state index contributed by atoms with van der Waals surface area (Å²) in [6, 6.07) is 0. The SMILES string of the molecule is C=C[C@H](C)[C@H](O[Si](C)(C)C(C)(C)C)[C@@H](C)C(=O)C(C)(C)[C@@H](C)CC(=O)O[C@H]1CC=C(C)CC=C1C. The summed E-state index contributed by atoms with van der Waals surface area (Å²) in [6.07, 6.45) is 7.52. The van der Waals surface area contributed by atoms with E-state index in [2.05, 4.69) is 66.4 Å². The number of Topliss-reactive ketones (excluding diaryl/α,β-unsaturated/α-hetero) is 1. The topological polar surface area (TPSA) is 52.6 Å². The number of hydrogen-bond acceptors (Lipinski definition) is 4. The Labute approximate surface area is 216 Å². The van der Waals surface area contributed by atoms with Gasteiger partial charge in [-0.2, -0.15) is 0 Å². The number of ether oxygens (including phenoxy) is 1. The van der Waals surface area contributed by atoms with E-state index >= 15 is 0 Å². The van der Waals surface area contributed by atoms with Gasteiger partial charge in [0, 0.05) is 24.2 Å². The van der Waals surface area contributed by atoms with E-state index in [9.17, 15) is 9.59 Å². The lowest BCUT2D eigenvalue weighted by atomic mass is 9.69. The second-order valence-electron chi connectivity index (χ2n) is 12.8. The minimum absolute atomic E-state index is 0.0414. The zero-order chi connectivity index (χ0) is 27.4. The Morgan fingerprint density at radius 2 is 1.69 bits per heavy atom. The van der Waals surface area contributed by atoms with Crippen LogP contribution in [-0.2, 0) is 18.8 Å². The first-order valence-electron chi connectivity index (χ1n) is 13.2. The quantitative estimate of drug-likeness (QED) is 0.162. The van der Waals surface area contributed by atoms with Crippen LogP contribution < -0.4 is 0 Å². The number of ketones is 1. The Morgan fingerprint density at radius 1 is 1.11 bits per heavy atom. The molecule has 0 heterocycles. The lowest BCUT2D eigenvalue weighted by Gasteiger charge is -2.43. The normalized spacial score (nSPS) is 21.1. The van der Waals surface area contributed by atoms with Gasteiger partial charge >= 0.3 is 5.97 Å². The van der Waals surface area contributed by atoms with Crippen LogP contribution in [0, 0.1) is 23.2 Å². The minimum Gasteiger partial charge on any atom is -0.457 e. The maximum atomic E-state index is 13.8. The van der Waals surface area contributed by atoms with Gasteiger partial charge in [0.05, 0.1) is 6.10 Å². The largest absolute Gasteiger partial charge is 0.457 e. The molecular formula is C30H52O4Si. The van der Waals surface area contributed by atoms with Crippen LogP contribution in [0.3, 0.4) is 0 Å². The molecule has 0 saturated heterocycles. The van der Waals surface area contributed by atoms with E-state index in [1.165, 1.54) is 5.57 Å². The van der Waals surface area contributed by atoms with Crippen LogP contribution in [0.15, 0.2) is 36.0 Å². The average Bonchev–Trinajstić information content (AvgIpc) is 2.90. The molecule has 0 aromatic carbocycles. The molecule has 0 unspecified atom stereocenters. The Balaban J connectivity index is 2.99. The summed E-state index contributed by atoms with van der Waals surface area (Å²) in [5.74, 6) is -0.555. The second-order valence-corrected chi connectivity index (χ2v) is 17.6. The van der Waals surface area contributed by atoms with Crippen LogP contribution in [0.4, 0.5) is 0 Å². The summed E-state index contributed by atoms with van der Waals surface area (Å²) in [5.41, 5.74) is 1.69. The zero-order valence-electron chi connectivity index (χ0n) is 24.6. The summed E-state index contributed by atoms with van der Waals surface area (Å²) >= 11 is 0. The second kappa shape index (κ2) is 12.2. The fourth-order valence-electron chi connectivity index (χ4n) is 4.18. The van der Waals surface area contributed by atoms with Gasteiger partial charge in [-0.3, -0.25) is 9.59 Å². The molecular weight excluding hydrogens is 452 g/mol. The van der Waals surface area contributed by atoms with Gasteiger partial charge in [-0.25, -0.2) is 0 Å². The molecule has 200 valence electrons. The van der Waals surface area contributed by atoms with Gasteiger partial charge < -0.3 is 9.16 Å². The van der Waals surface area contributed by atoms with Gasteiger partial charge in [-0.1, -0.05) is 79.2 Å². The molecule has 0 N–H and O–H groups in total. The lowest BCUT2D eigenvalue weighted by molar-refractivity contribution is -0.150. The third kappa shape index (κ3) is 8.28. The van der Waals surface area contributed by atoms with Gasteiger partial charge in [-0.05, 0) is 55.8 Å². The van der Waals surface area contributed by atoms with E-state index in [4.69, 9.17) is 9.16 Å². The summed E-state index contributed by atoms with van der Waals surface area (Å²) in [6.45, 7) is 29.1. The van der Waals surface area contributed by atoms with E-state index in [0.29, 0.717) is 6.42 Å². The standard InChI is InChI=1S/C30H52O4Si/c1-14-21(3)27(34-35(12,13)29(7,8)9)24(6)28(32)30(10,11)23(5)19-26(31)33-25-18-16-20(2)15-17-22(25)4/h14,16-17,21,23-25,27H,1,15,18-19H2,2-13H3/t21-,23-,24+,25-,27-/m0/s1. The maximum absolute atomic E-state index is 13.8. The highest BCUT2D eigenvalue weighted by Gasteiger charge is 2.45. The van der Waals surface area contributed by atoms with Crippen molar-refractivity contribution >= 4 is 20.1 Å². The van der Waals surface area contributed by atoms with Gasteiger partial charge in [0.1, 0.15) is 11.9 Å². The van der Waals surface area contributed by atoms with E-state index in [0.717, 1.165) is 12.0 Å². The molecule has 1 aliphatic carbocycles. The van der Waals surface area contributed by atoms with E-state index in [1.54, 1.807) is 0 Å². The van der Waals surface area contributed by atoms with Crippen molar-refractivity contribution in [3.05, 3.63) is 36.0 Å². The number of carbonyl (C=O) groups excluding carboxylic acids is 2. The summed E-state index contributed by atoms with van der Waals surface area (Å²) < 4.78 is 12.6. The summed E-state index contributed by atoms with van der Waals surface area (Å²) in [4.78, 5) is 26.7. The first kappa shape index (κ1) is 31.6. The van der Waals surface area contributed by atoms with E-state index < -0.39 is 13.7 Å². The molecule has 1 aliphatic rings. The van der Waals surface area contributed by atoms with Crippen molar-refractivity contribution < 1.29 is 18.8 Å². The van der Waals surface area contributed by atoms with Gasteiger partial charge in [-0.15, -0.1) is 6.58 Å². The van der Waals surface area contributed by atoms with E-state index in [-0.39, 0.29) is 53.2 Å². The van der Waals surface area contributed by atoms with Crippen molar-refractivity contribution in [3.8, 4) is 0 Å². The Morgan fingerprint density at radius 3 is 2.20 bits per heavy atom. The zero-order valence-corrected chi connectivity index (χ0v) is 25.6. The van der Waals surface area contributed by atoms with Gasteiger partial charge in [0.25, 0.3) is 0 Å². The molecule has 0 bridgehead atoms. The molecule has 35 heavy (non-hydrogen) atoms. The third-order valence-corrected chi connectivity index (χ3v) is 13.1. The van der Waals surface area contributed by atoms with Crippen molar-refractivity contribution in [2.75, 3.05) is 0 Å². The summed E-state index contributed by atoms with van der Waals surface area (Å²) in [7, 11) is -2.09. The van der Waals surface area contributed by atoms with Crippen LogP contribution in [-0.4, -0.2) is 32.3 Å². The number of hydrogen-bond donors (Lipinski definition) is 0. The smallest absolute Gasteiger partial charge is 0.306 e. The highest BCUT2D eigenvalue weighted by atomic mass is 28.4. The van der Waals surface area contributed by atoms with Crippen molar-refractivity contribution in [3.63, 3.8) is 0 Å². The van der Waals surface area contributed by atoms with Crippen LogP contribution in [0.25, 0.3) is 0 Å². The molecule has 4 nitrogen and oxygen atoms in total. The predicted octanol–water partition coefficient (Wildman–Crippen LogP) is 8.05. The van der Waals surface area contributed by atoms with Gasteiger partial charge in [0.15, 0.2) is 8.32 Å².